The average Bonchev–Trinajstić information content (AvgIpc) is 2.29. The van der Waals surface area contributed by atoms with Crippen molar-refractivity contribution in [3.05, 3.63) is 30.1 Å². The summed E-state index contributed by atoms with van der Waals surface area (Å²) in [6, 6.07) is 6.66. The van der Waals surface area contributed by atoms with Crippen LogP contribution in [0.5, 0.6) is 0 Å². The molecule has 3 heteroatoms. The number of rotatable bonds is 6. The van der Waals surface area contributed by atoms with Gasteiger partial charge < -0.3 is 10.1 Å². The first-order chi connectivity index (χ1) is 7.94. The lowest BCUT2D eigenvalue weighted by Crippen LogP contribution is -2.37. The summed E-state index contributed by atoms with van der Waals surface area (Å²) in [5, 5.41) is 3.54. The standard InChI is InChI=1S/C14H24N2O/c1-11(10-14(3,4)17-5)16-12(2)13-8-6-7-9-15-13/h6-9,11-12,16H,10H2,1-5H3/t11?,12-/m1/s1. The van der Waals surface area contributed by atoms with Gasteiger partial charge in [0.15, 0.2) is 0 Å². The van der Waals surface area contributed by atoms with Crippen LogP contribution < -0.4 is 5.32 Å². The molecule has 96 valence electrons. The zero-order valence-electron chi connectivity index (χ0n) is 11.5. The van der Waals surface area contributed by atoms with Gasteiger partial charge >= 0.3 is 0 Å². The Bertz CT molecular complexity index is 324. The Hall–Kier alpha value is -0.930. The number of nitrogens with one attached hydrogen (secondary N) is 1. The van der Waals surface area contributed by atoms with Crippen molar-refractivity contribution in [1.29, 1.82) is 0 Å². The van der Waals surface area contributed by atoms with Gasteiger partial charge in [-0.2, -0.15) is 0 Å². The first kappa shape index (κ1) is 14.1. The van der Waals surface area contributed by atoms with Gasteiger partial charge in [-0.05, 0) is 46.2 Å². The van der Waals surface area contributed by atoms with Gasteiger partial charge in [-0.15, -0.1) is 0 Å². The second kappa shape index (κ2) is 6.12. The third kappa shape index (κ3) is 4.84. The molecular formula is C14H24N2O. The van der Waals surface area contributed by atoms with Crippen LogP contribution in [0.3, 0.4) is 0 Å². The Balaban J connectivity index is 2.49. The van der Waals surface area contributed by atoms with E-state index in [1.807, 2.05) is 24.4 Å². The molecule has 3 nitrogen and oxygen atoms in total. The molecule has 2 atom stereocenters. The van der Waals surface area contributed by atoms with E-state index in [4.69, 9.17) is 4.74 Å². The summed E-state index contributed by atoms with van der Waals surface area (Å²) in [6.45, 7) is 8.53. The molecular weight excluding hydrogens is 212 g/mol. The average molecular weight is 236 g/mol. The molecule has 1 unspecified atom stereocenters. The van der Waals surface area contributed by atoms with Crippen LogP contribution in [0.1, 0.15) is 45.9 Å². The summed E-state index contributed by atoms with van der Waals surface area (Å²) in [7, 11) is 1.76. The number of nitrogens with zero attached hydrogens (tertiary/aromatic N) is 1. The van der Waals surface area contributed by atoms with Crippen molar-refractivity contribution in [3.63, 3.8) is 0 Å². The molecule has 0 bridgehead atoms. The van der Waals surface area contributed by atoms with Crippen LogP contribution in [0.4, 0.5) is 0 Å². The normalized spacial score (nSPS) is 15.6. The number of pyridine rings is 1. The SMILES string of the molecule is COC(C)(C)CC(C)N[C@H](C)c1ccccn1. The molecule has 17 heavy (non-hydrogen) atoms. The maximum atomic E-state index is 5.44. The van der Waals surface area contributed by atoms with Gasteiger partial charge in [0.1, 0.15) is 0 Å². The summed E-state index contributed by atoms with van der Waals surface area (Å²) in [5.74, 6) is 0. The molecule has 0 radical (unpaired) electrons. The maximum Gasteiger partial charge on any atom is 0.0637 e. The van der Waals surface area contributed by atoms with Crippen LogP contribution in [-0.4, -0.2) is 23.7 Å². The number of ether oxygens (including phenoxy) is 1. The molecule has 0 aromatic carbocycles. The second-order valence-corrected chi connectivity index (χ2v) is 5.21. The smallest absolute Gasteiger partial charge is 0.0637 e. The monoisotopic (exact) mass is 236 g/mol. The fourth-order valence-electron chi connectivity index (χ4n) is 2.02. The number of hydrogen-bond donors (Lipinski definition) is 1. The number of aromatic nitrogens is 1. The maximum absolute atomic E-state index is 5.44. The van der Waals surface area contributed by atoms with Gasteiger partial charge in [-0.1, -0.05) is 6.07 Å². The summed E-state index contributed by atoms with van der Waals surface area (Å²) in [6.07, 6.45) is 2.80. The third-order valence-electron chi connectivity index (χ3n) is 3.02. The van der Waals surface area contributed by atoms with E-state index >= 15 is 0 Å². The van der Waals surface area contributed by atoms with Crippen molar-refractivity contribution in [2.75, 3.05) is 7.11 Å². The first-order valence-electron chi connectivity index (χ1n) is 6.17. The fraction of sp³-hybridized carbons (Fsp3) is 0.643. The van der Waals surface area contributed by atoms with E-state index in [-0.39, 0.29) is 11.6 Å². The Labute approximate surface area is 105 Å². The van der Waals surface area contributed by atoms with Gasteiger partial charge in [0.25, 0.3) is 0 Å². The van der Waals surface area contributed by atoms with E-state index in [1.165, 1.54) is 0 Å². The number of hydrogen-bond acceptors (Lipinski definition) is 3. The summed E-state index contributed by atoms with van der Waals surface area (Å²) >= 11 is 0. The van der Waals surface area contributed by atoms with Gasteiger partial charge in [0.05, 0.1) is 11.3 Å². The quantitative estimate of drug-likeness (QED) is 0.824. The molecule has 1 aromatic heterocycles. The molecule has 1 heterocycles. The first-order valence-corrected chi connectivity index (χ1v) is 6.17. The van der Waals surface area contributed by atoms with Gasteiger partial charge in [-0.3, -0.25) is 4.98 Å². The molecule has 0 saturated carbocycles. The highest BCUT2D eigenvalue weighted by molar-refractivity contribution is 5.07. The minimum absolute atomic E-state index is 0.0871. The minimum Gasteiger partial charge on any atom is -0.379 e. The van der Waals surface area contributed by atoms with E-state index in [0.717, 1.165) is 12.1 Å². The molecule has 0 fully saturated rings. The van der Waals surface area contributed by atoms with Gasteiger partial charge in [0.2, 0.25) is 0 Å². The molecule has 0 aliphatic carbocycles. The molecule has 0 aliphatic rings. The van der Waals surface area contributed by atoms with Crippen LogP contribution in [0.2, 0.25) is 0 Å². The zero-order valence-corrected chi connectivity index (χ0v) is 11.5. The highest BCUT2D eigenvalue weighted by atomic mass is 16.5. The summed E-state index contributed by atoms with van der Waals surface area (Å²) in [5.41, 5.74) is 0.991. The highest BCUT2D eigenvalue weighted by Gasteiger charge is 2.21. The zero-order chi connectivity index (χ0) is 12.9. The molecule has 0 aliphatic heterocycles. The van der Waals surface area contributed by atoms with E-state index in [9.17, 15) is 0 Å². The molecule has 0 amide bonds. The van der Waals surface area contributed by atoms with E-state index in [1.54, 1.807) is 7.11 Å². The van der Waals surface area contributed by atoms with Crippen LogP contribution in [0.15, 0.2) is 24.4 Å². The summed E-state index contributed by atoms with van der Waals surface area (Å²) in [4.78, 5) is 4.35. The summed E-state index contributed by atoms with van der Waals surface area (Å²) < 4.78 is 5.44. The highest BCUT2D eigenvalue weighted by Crippen LogP contribution is 2.17. The van der Waals surface area contributed by atoms with E-state index in [0.29, 0.717) is 6.04 Å². The Morgan fingerprint density at radius 1 is 1.35 bits per heavy atom. The minimum atomic E-state index is -0.0871. The predicted octanol–water partition coefficient (Wildman–Crippen LogP) is 2.94. The van der Waals surface area contributed by atoms with E-state index in [2.05, 4.69) is 38.0 Å². The Morgan fingerprint density at radius 2 is 2.06 bits per heavy atom. The molecule has 1 rings (SSSR count). The number of methoxy groups -OCH3 is 1. The van der Waals surface area contributed by atoms with Crippen molar-refractivity contribution < 1.29 is 4.74 Å². The molecule has 1 N–H and O–H groups in total. The fourth-order valence-corrected chi connectivity index (χ4v) is 2.02. The van der Waals surface area contributed by atoms with Crippen LogP contribution in [0, 0.1) is 0 Å². The molecule has 0 spiro atoms. The van der Waals surface area contributed by atoms with Crippen molar-refractivity contribution in [2.24, 2.45) is 0 Å². The molecule has 1 aromatic rings. The van der Waals surface area contributed by atoms with Crippen molar-refractivity contribution in [1.82, 2.24) is 10.3 Å². The van der Waals surface area contributed by atoms with Crippen molar-refractivity contribution in [2.45, 2.75) is 51.8 Å². The largest absolute Gasteiger partial charge is 0.379 e. The van der Waals surface area contributed by atoms with Crippen LogP contribution in [-0.2, 0) is 4.74 Å². The molecule has 0 saturated heterocycles. The lowest BCUT2D eigenvalue weighted by atomic mass is 9.99. The van der Waals surface area contributed by atoms with Gasteiger partial charge in [-0.25, -0.2) is 0 Å². The van der Waals surface area contributed by atoms with Crippen LogP contribution >= 0.6 is 0 Å². The van der Waals surface area contributed by atoms with Crippen molar-refractivity contribution in [3.8, 4) is 0 Å². The topological polar surface area (TPSA) is 34.1 Å². The predicted molar refractivity (Wildman–Crippen MR) is 71.0 cm³/mol. The second-order valence-electron chi connectivity index (χ2n) is 5.21. The van der Waals surface area contributed by atoms with Crippen LogP contribution in [0.25, 0.3) is 0 Å². The lowest BCUT2D eigenvalue weighted by Gasteiger charge is -2.28. The van der Waals surface area contributed by atoms with Crippen molar-refractivity contribution >= 4 is 0 Å². The van der Waals surface area contributed by atoms with E-state index < -0.39 is 0 Å². The lowest BCUT2D eigenvalue weighted by molar-refractivity contribution is 0.00779. The Morgan fingerprint density at radius 3 is 2.59 bits per heavy atom. The van der Waals surface area contributed by atoms with Gasteiger partial charge in [0, 0.05) is 25.4 Å². The Kier molecular flexibility index (Phi) is 5.09. The third-order valence-corrected chi connectivity index (χ3v) is 3.02.